The van der Waals surface area contributed by atoms with E-state index in [1.807, 2.05) is 20.8 Å². The fraction of sp³-hybridized carbons (Fsp3) is 0.852. The molecule has 11 atom stereocenters. The maximum atomic E-state index is 13.4. The van der Waals surface area contributed by atoms with Crippen molar-refractivity contribution in [3.8, 4) is 0 Å². The van der Waals surface area contributed by atoms with Crippen molar-refractivity contribution in [3.05, 3.63) is 11.6 Å². The molecule has 0 aromatic rings. The molecule has 2 saturated carbocycles. The van der Waals surface area contributed by atoms with Crippen LogP contribution in [0, 0.1) is 40.4 Å². The van der Waals surface area contributed by atoms with E-state index in [4.69, 9.17) is 9.47 Å². The van der Waals surface area contributed by atoms with Crippen LogP contribution in [0.5, 0.6) is 0 Å². The number of hydrogen-bond acceptors (Lipinski definition) is 7. The molecule has 5 aliphatic rings. The van der Waals surface area contributed by atoms with Crippen LogP contribution in [0.4, 0.5) is 0 Å². The Morgan fingerprint density at radius 1 is 1.15 bits per heavy atom. The quantitative estimate of drug-likeness (QED) is 0.399. The highest BCUT2D eigenvalue weighted by Gasteiger charge is 2.82. The molecule has 190 valence electrons. The summed E-state index contributed by atoms with van der Waals surface area (Å²) in [7, 11) is 0. The average molecular weight is 477 g/mol. The van der Waals surface area contributed by atoms with Gasteiger partial charge in [-0.25, -0.2) is 0 Å². The van der Waals surface area contributed by atoms with Gasteiger partial charge in [0.15, 0.2) is 11.6 Å². The number of ketones is 1. The number of carbonyl (C=O) groups is 2. The van der Waals surface area contributed by atoms with Gasteiger partial charge >= 0.3 is 5.97 Å². The van der Waals surface area contributed by atoms with Crippen LogP contribution in [-0.2, 0) is 19.1 Å². The molecule has 0 aromatic heterocycles. The molecule has 7 nitrogen and oxygen atoms in total. The number of ether oxygens (including phenoxy) is 2. The smallest absolute Gasteiger partial charge is 0.309 e. The summed E-state index contributed by atoms with van der Waals surface area (Å²) in [6, 6.07) is 0. The van der Waals surface area contributed by atoms with Crippen molar-refractivity contribution in [1.29, 1.82) is 0 Å². The summed E-state index contributed by atoms with van der Waals surface area (Å²) in [5, 5.41) is 34.6. The second kappa shape index (κ2) is 8.12. The van der Waals surface area contributed by atoms with E-state index < -0.39 is 46.8 Å². The first-order chi connectivity index (χ1) is 16.0. The topological polar surface area (TPSA) is 113 Å². The zero-order valence-corrected chi connectivity index (χ0v) is 20.8. The van der Waals surface area contributed by atoms with Crippen LogP contribution >= 0.6 is 0 Å². The third-order valence-corrected chi connectivity index (χ3v) is 10.4. The molecule has 0 aromatic carbocycles. The normalized spacial score (nSPS) is 51.4. The molecule has 2 aliphatic heterocycles. The molecule has 1 spiro atoms. The van der Waals surface area contributed by atoms with E-state index in [1.165, 1.54) is 12.5 Å². The van der Waals surface area contributed by atoms with Crippen molar-refractivity contribution >= 4 is 11.8 Å². The summed E-state index contributed by atoms with van der Waals surface area (Å²) in [5.74, 6) is -4.53. The lowest BCUT2D eigenvalue weighted by Crippen LogP contribution is -2.77. The van der Waals surface area contributed by atoms with E-state index in [0.717, 1.165) is 31.3 Å². The van der Waals surface area contributed by atoms with Crippen LogP contribution in [0.15, 0.2) is 11.6 Å². The molecule has 5 rings (SSSR count). The second-order valence-corrected chi connectivity index (χ2v) is 12.0. The Hall–Kier alpha value is -1.28. The first-order valence-corrected chi connectivity index (χ1v) is 13.2. The van der Waals surface area contributed by atoms with E-state index in [2.05, 4.69) is 6.92 Å². The van der Waals surface area contributed by atoms with Gasteiger partial charge in [0.2, 0.25) is 0 Å². The van der Waals surface area contributed by atoms with Crippen LogP contribution in [0.1, 0.15) is 72.6 Å². The molecule has 2 saturated heterocycles. The lowest BCUT2D eigenvalue weighted by Gasteiger charge is -2.68. The van der Waals surface area contributed by atoms with Crippen LogP contribution in [0.2, 0.25) is 0 Å². The highest BCUT2D eigenvalue weighted by atomic mass is 16.6. The third kappa shape index (κ3) is 2.90. The van der Waals surface area contributed by atoms with Gasteiger partial charge < -0.3 is 24.8 Å². The van der Waals surface area contributed by atoms with Crippen LogP contribution < -0.4 is 0 Å². The Morgan fingerprint density at radius 3 is 2.56 bits per heavy atom. The molecule has 3 aliphatic carbocycles. The van der Waals surface area contributed by atoms with Crippen LogP contribution in [0.25, 0.3) is 0 Å². The van der Waals surface area contributed by atoms with Gasteiger partial charge in [0.05, 0.1) is 12.5 Å². The molecule has 2 heterocycles. The molecule has 34 heavy (non-hydrogen) atoms. The summed E-state index contributed by atoms with van der Waals surface area (Å²) in [5.41, 5.74) is -0.971. The second-order valence-electron chi connectivity index (χ2n) is 12.0. The van der Waals surface area contributed by atoms with Crippen molar-refractivity contribution in [2.24, 2.45) is 40.4 Å². The number of allylic oxidation sites excluding steroid dienone is 1. The van der Waals surface area contributed by atoms with Crippen molar-refractivity contribution in [1.82, 2.24) is 0 Å². The minimum atomic E-state index is -1.91. The molecular formula is C27H40O7. The predicted molar refractivity (Wildman–Crippen MR) is 123 cm³/mol. The minimum absolute atomic E-state index is 0.149. The van der Waals surface area contributed by atoms with Crippen LogP contribution in [0.3, 0.4) is 0 Å². The number of carbonyl (C=O) groups excluding carboxylic acids is 2. The van der Waals surface area contributed by atoms with E-state index in [0.29, 0.717) is 12.8 Å². The van der Waals surface area contributed by atoms with Gasteiger partial charge in [-0.2, -0.15) is 0 Å². The SMILES string of the molecule is CCCCCCC[C@H]1C(=O)OC2CC3C(C)=CC(=O)[C@@H](O)[C@]3(C)C3C4(O)OC[C@@]23C1[C@H](C)[C@@H]4O. The number of rotatable bonds is 6. The van der Waals surface area contributed by atoms with E-state index >= 15 is 0 Å². The van der Waals surface area contributed by atoms with Crippen LogP contribution in [-0.4, -0.2) is 57.8 Å². The fourth-order valence-corrected chi connectivity index (χ4v) is 9.08. The first-order valence-electron chi connectivity index (χ1n) is 13.2. The molecule has 4 fully saturated rings. The Balaban J connectivity index is 1.60. The standard InChI is InChI=1S/C27H40O7/c1-5-6-7-8-9-10-16-20-15(3)21(29)27(32)24-25(4)17(14(2)11-18(28)22(25)30)12-19(34-23(16)31)26(20,24)13-33-27/h11,15-17,19-22,24,29-30,32H,5-10,12-13H2,1-4H3/t15-,16+,17?,19?,20?,21-,22+,24?,25+,26-,27?/m0/s1. The number of aliphatic hydroxyl groups excluding tert-OH is 2. The Bertz CT molecular complexity index is 899. The van der Waals surface area contributed by atoms with Gasteiger partial charge in [0.25, 0.3) is 0 Å². The maximum Gasteiger partial charge on any atom is 0.309 e. The minimum Gasteiger partial charge on any atom is -0.461 e. The number of esters is 1. The lowest BCUT2D eigenvalue weighted by molar-refractivity contribution is -0.337. The zero-order chi connectivity index (χ0) is 24.6. The van der Waals surface area contributed by atoms with Gasteiger partial charge in [0, 0.05) is 16.7 Å². The molecule has 2 bridgehead atoms. The summed E-state index contributed by atoms with van der Waals surface area (Å²) in [6.07, 6.45) is 4.98. The molecule has 7 heteroatoms. The average Bonchev–Trinajstić information content (AvgIpc) is 3.08. The third-order valence-electron chi connectivity index (χ3n) is 10.4. The first kappa shape index (κ1) is 24.4. The van der Waals surface area contributed by atoms with E-state index in [-0.39, 0.29) is 36.1 Å². The zero-order valence-electron chi connectivity index (χ0n) is 20.8. The Morgan fingerprint density at radius 2 is 1.85 bits per heavy atom. The predicted octanol–water partition coefficient (Wildman–Crippen LogP) is 2.75. The highest BCUT2D eigenvalue weighted by molar-refractivity contribution is 5.96. The molecule has 0 radical (unpaired) electrons. The molecule has 3 N–H and O–H groups in total. The molecule has 0 amide bonds. The van der Waals surface area contributed by atoms with Gasteiger partial charge in [-0.15, -0.1) is 0 Å². The fourth-order valence-electron chi connectivity index (χ4n) is 9.08. The maximum absolute atomic E-state index is 13.4. The van der Waals surface area contributed by atoms with E-state index in [9.17, 15) is 24.9 Å². The van der Waals surface area contributed by atoms with Crippen molar-refractivity contribution in [2.45, 2.75) is 96.7 Å². The van der Waals surface area contributed by atoms with Crippen molar-refractivity contribution < 1.29 is 34.4 Å². The van der Waals surface area contributed by atoms with Gasteiger partial charge in [-0.05, 0) is 43.6 Å². The number of hydrogen-bond donors (Lipinski definition) is 3. The van der Waals surface area contributed by atoms with E-state index in [1.54, 1.807) is 0 Å². The largest absolute Gasteiger partial charge is 0.461 e. The molecular weight excluding hydrogens is 436 g/mol. The number of aliphatic hydroxyl groups is 3. The monoisotopic (exact) mass is 476 g/mol. The highest BCUT2D eigenvalue weighted by Crippen LogP contribution is 2.74. The van der Waals surface area contributed by atoms with Gasteiger partial charge in [-0.1, -0.05) is 58.4 Å². The summed E-state index contributed by atoms with van der Waals surface area (Å²) >= 11 is 0. The Labute approximate surface area is 201 Å². The summed E-state index contributed by atoms with van der Waals surface area (Å²) in [6.45, 7) is 7.93. The van der Waals surface area contributed by atoms with Gasteiger partial charge in [0.1, 0.15) is 18.3 Å². The summed E-state index contributed by atoms with van der Waals surface area (Å²) in [4.78, 5) is 26.2. The number of fused-ring (bicyclic) bond motifs is 1. The van der Waals surface area contributed by atoms with Crippen molar-refractivity contribution in [3.63, 3.8) is 0 Å². The molecule has 5 unspecified atom stereocenters. The van der Waals surface area contributed by atoms with Gasteiger partial charge in [-0.3, -0.25) is 9.59 Å². The lowest BCUT2D eigenvalue weighted by atomic mass is 9.37. The van der Waals surface area contributed by atoms with Crippen molar-refractivity contribution in [2.75, 3.05) is 6.61 Å². The number of unbranched alkanes of at least 4 members (excludes halogenated alkanes) is 4. The summed E-state index contributed by atoms with van der Waals surface area (Å²) < 4.78 is 12.2. The Kier molecular flexibility index (Phi) is 5.83.